The lowest BCUT2D eigenvalue weighted by molar-refractivity contribution is 0.233. The summed E-state index contributed by atoms with van der Waals surface area (Å²) < 4.78 is 6.38. The van der Waals surface area contributed by atoms with Crippen molar-refractivity contribution in [3.8, 4) is 0 Å². The average Bonchev–Trinajstić information content (AvgIpc) is 2.67. The fourth-order valence-electron chi connectivity index (χ4n) is 1.66. The van der Waals surface area contributed by atoms with E-state index >= 15 is 0 Å². The first-order valence-electron chi connectivity index (χ1n) is 6.54. The summed E-state index contributed by atoms with van der Waals surface area (Å²) in [6.45, 7) is 17.4. The average molecular weight is 253 g/mol. The molecule has 0 bridgehead atoms. The molecule has 1 saturated heterocycles. The third-order valence-electron chi connectivity index (χ3n) is 3.84. The zero-order chi connectivity index (χ0) is 13.1. The molecule has 0 atom stereocenters. The van der Waals surface area contributed by atoms with E-state index in [1.807, 2.05) is 12.2 Å². The summed E-state index contributed by atoms with van der Waals surface area (Å²) in [6.07, 6.45) is 6.40. The van der Waals surface area contributed by atoms with Crippen LogP contribution in [0.3, 0.4) is 0 Å². The molecule has 1 aliphatic rings. The maximum atomic E-state index is 6.38. The van der Waals surface area contributed by atoms with Crippen LogP contribution in [0.25, 0.3) is 0 Å². The number of rotatable bonds is 4. The van der Waals surface area contributed by atoms with Gasteiger partial charge in [0, 0.05) is 13.1 Å². The number of allylic oxidation sites excluding steroid dienone is 2. The van der Waals surface area contributed by atoms with Gasteiger partial charge >= 0.3 is 0 Å². The summed E-state index contributed by atoms with van der Waals surface area (Å²) in [5.74, 6) is 1.03. The zero-order valence-corrected chi connectivity index (χ0v) is 13.0. The minimum atomic E-state index is -1.73. The van der Waals surface area contributed by atoms with E-state index in [1.54, 1.807) is 0 Å². The van der Waals surface area contributed by atoms with Gasteiger partial charge in [0.05, 0.1) is 0 Å². The van der Waals surface area contributed by atoms with Gasteiger partial charge in [-0.25, -0.2) is 0 Å². The second kappa shape index (κ2) is 5.30. The zero-order valence-electron chi connectivity index (χ0n) is 12.0. The molecule has 0 aliphatic carbocycles. The van der Waals surface area contributed by atoms with E-state index in [-0.39, 0.29) is 5.04 Å². The molecular formula is C14H27NOSi. The molecule has 98 valence electrons. The second-order valence-electron chi connectivity index (χ2n) is 6.30. The largest absolute Gasteiger partial charge is 0.532 e. The van der Waals surface area contributed by atoms with Crippen LogP contribution in [0.4, 0.5) is 0 Å². The second-order valence-corrected chi connectivity index (χ2v) is 11.0. The van der Waals surface area contributed by atoms with Gasteiger partial charge in [-0.2, -0.15) is 0 Å². The van der Waals surface area contributed by atoms with Crippen LogP contribution in [0.5, 0.6) is 0 Å². The lowest BCUT2D eigenvalue weighted by Crippen LogP contribution is -2.42. The number of hydrogen-bond donors (Lipinski definition) is 0. The van der Waals surface area contributed by atoms with Gasteiger partial charge in [-0.1, -0.05) is 33.4 Å². The summed E-state index contributed by atoms with van der Waals surface area (Å²) in [5.41, 5.74) is 0. The highest BCUT2D eigenvalue weighted by molar-refractivity contribution is 6.74. The summed E-state index contributed by atoms with van der Waals surface area (Å²) >= 11 is 0. The Kier molecular flexibility index (Phi) is 4.47. The van der Waals surface area contributed by atoms with E-state index in [2.05, 4.69) is 45.3 Å². The molecule has 0 amide bonds. The van der Waals surface area contributed by atoms with Crippen molar-refractivity contribution in [2.75, 3.05) is 13.1 Å². The first-order valence-corrected chi connectivity index (χ1v) is 9.45. The van der Waals surface area contributed by atoms with Crippen molar-refractivity contribution >= 4 is 8.32 Å². The predicted molar refractivity (Wildman–Crippen MR) is 77.4 cm³/mol. The van der Waals surface area contributed by atoms with Crippen LogP contribution in [0.2, 0.25) is 18.1 Å². The summed E-state index contributed by atoms with van der Waals surface area (Å²) in [6, 6.07) is 0. The van der Waals surface area contributed by atoms with Gasteiger partial charge in [0.25, 0.3) is 8.32 Å². The van der Waals surface area contributed by atoms with Crippen LogP contribution in [-0.2, 0) is 4.43 Å². The molecule has 0 aromatic rings. The molecule has 0 spiro atoms. The maximum Gasteiger partial charge on any atom is 0.252 e. The van der Waals surface area contributed by atoms with Crippen molar-refractivity contribution in [1.29, 1.82) is 0 Å². The Morgan fingerprint density at radius 1 is 1.24 bits per heavy atom. The molecule has 0 radical (unpaired) electrons. The SMILES string of the molecule is C=C/C=C(\O[Si](C)(C)C(C)(C)C)N1CCCC1. The Bertz CT molecular complexity index is 296. The molecule has 1 rings (SSSR count). The van der Waals surface area contributed by atoms with Gasteiger partial charge in [0.1, 0.15) is 0 Å². The van der Waals surface area contributed by atoms with Gasteiger partial charge in [-0.15, -0.1) is 0 Å². The molecule has 0 N–H and O–H groups in total. The number of likely N-dealkylation sites (tertiary alicyclic amines) is 1. The van der Waals surface area contributed by atoms with Crippen molar-refractivity contribution in [1.82, 2.24) is 4.90 Å². The standard InChI is InChI=1S/C14H27NOSi/c1-7-10-13(15-11-8-9-12-15)16-17(5,6)14(2,3)4/h7,10H,1,8-9,11-12H2,2-6H3/b13-10-. The summed E-state index contributed by atoms with van der Waals surface area (Å²) in [7, 11) is -1.73. The van der Waals surface area contributed by atoms with Crippen molar-refractivity contribution in [3.05, 3.63) is 24.6 Å². The van der Waals surface area contributed by atoms with Gasteiger partial charge in [-0.3, -0.25) is 0 Å². The van der Waals surface area contributed by atoms with E-state index in [0.717, 1.165) is 19.0 Å². The third kappa shape index (κ3) is 3.63. The van der Waals surface area contributed by atoms with Crippen molar-refractivity contribution in [2.45, 2.75) is 51.7 Å². The molecule has 17 heavy (non-hydrogen) atoms. The van der Waals surface area contributed by atoms with Crippen LogP contribution in [0.15, 0.2) is 24.6 Å². The van der Waals surface area contributed by atoms with Crippen molar-refractivity contribution in [3.63, 3.8) is 0 Å². The Balaban J connectivity index is 2.80. The van der Waals surface area contributed by atoms with Crippen LogP contribution < -0.4 is 0 Å². The molecule has 3 heteroatoms. The van der Waals surface area contributed by atoms with Crippen LogP contribution in [-0.4, -0.2) is 26.3 Å². The first kappa shape index (κ1) is 14.4. The van der Waals surface area contributed by atoms with E-state index in [4.69, 9.17) is 4.43 Å². The van der Waals surface area contributed by atoms with E-state index in [1.165, 1.54) is 12.8 Å². The predicted octanol–water partition coefficient (Wildman–Crippen LogP) is 4.13. The van der Waals surface area contributed by atoms with E-state index in [9.17, 15) is 0 Å². The molecule has 0 aromatic carbocycles. The van der Waals surface area contributed by atoms with Gasteiger partial charge in [0.2, 0.25) is 0 Å². The maximum absolute atomic E-state index is 6.38. The van der Waals surface area contributed by atoms with E-state index in [0.29, 0.717) is 0 Å². The summed E-state index contributed by atoms with van der Waals surface area (Å²) in [4.78, 5) is 2.35. The molecule has 1 fully saturated rings. The molecule has 2 nitrogen and oxygen atoms in total. The first-order chi connectivity index (χ1) is 7.78. The summed E-state index contributed by atoms with van der Waals surface area (Å²) in [5, 5.41) is 0.243. The minimum absolute atomic E-state index is 0.243. The quantitative estimate of drug-likeness (QED) is 0.424. The highest BCUT2D eigenvalue weighted by Gasteiger charge is 2.40. The molecule has 0 aromatic heterocycles. The highest BCUT2D eigenvalue weighted by Crippen LogP contribution is 2.38. The molecule has 1 aliphatic heterocycles. The molecular weight excluding hydrogens is 226 g/mol. The topological polar surface area (TPSA) is 12.5 Å². The Morgan fingerprint density at radius 3 is 2.18 bits per heavy atom. The third-order valence-corrected chi connectivity index (χ3v) is 8.18. The normalized spacial score (nSPS) is 18.4. The fourth-order valence-corrected chi connectivity index (χ4v) is 2.68. The highest BCUT2D eigenvalue weighted by atomic mass is 28.4. The minimum Gasteiger partial charge on any atom is -0.532 e. The van der Waals surface area contributed by atoms with Crippen molar-refractivity contribution in [2.24, 2.45) is 0 Å². The van der Waals surface area contributed by atoms with Gasteiger partial charge in [0.15, 0.2) is 5.88 Å². The Labute approximate surface area is 107 Å². The fraction of sp³-hybridized carbons (Fsp3) is 0.714. The Hall–Kier alpha value is -0.703. The molecule has 0 saturated carbocycles. The smallest absolute Gasteiger partial charge is 0.252 e. The molecule has 0 unspecified atom stereocenters. The van der Waals surface area contributed by atoms with Gasteiger partial charge < -0.3 is 9.33 Å². The Morgan fingerprint density at radius 2 is 1.76 bits per heavy atom. The van der Waals surface area contributed by atoms with Gasteiger partial charge in [-0.05, 0) is 37.0 Å². The van der Waals surface area contributed by atoms with Crippen LogP contribution in [0.1, 0.15) is 33.6 Å². The number of hydrogen-bond acceptors (Lipinski definition) is 2. The molecule has 1 heterocycles. The van der Waals surface area contributed by atoms with Crippen LogP contribution >= 0.6 is 0 Å². The van der Waals surface area contributed by atoms with E-state index < -0.39 is 8.32 Å². The number of nitrogens with zero attached hydrogens (tertiary/aromatic N) is 1. The van der Waals surface area contributed by atoms with Crippen molar-refractivity contribution < 1.29 is 4.43 Å². The monoisotopic (exact) mass is 253 g/mol. The lowest BCUT2D eigenvalue weighted by Gasteiger charge is -2.39. The lowest BCUT2D eigenvalue weighted by atomic mass is 10.2. The van der Waals surface area contributed by atoms with Crippen LogP contribution in [0, 0.1) is 0 Å².